The Morgan fingerprint density at radius 2 is 1.26 bits per heavy atom. The van der Waals surface area contributed by atoms with E-state index in [-0.39, 0.29) is 5.41 Å². The van der Waals surface area contributed by atoms with Crippen LogP contribution < -0.4 is 5.32 Å². The fourth-order valence-electron chi connectivity index (χ4n) is 3.13. The molecule has 0 radical (unpaired) electrons. The van der Waals surface area contributed by atoms with Gasteiger partial charge in [-0.1, -0.05) is 104 Å². The number of hydrogen-bond donors (Lipinski definition) is 1. The van der Waals surface area contributed by atoms with E-state index in [9.17, 15) is 0 Å². The number of hydrogen-bond acceptors (Lipinski definition) is 1. The van der Waals surface area contributed by atoms with Crippen LogP contribution in [0.2, 0.25) is 0 Å². The molecular weight excluding hydrogens is 278 g/mol. The molecular formula is C22H39N. The van der Waals surface area contributed by atoms with Crippen molar-refractivity contribution >= 4 is 5.69 Å². The lowest BCUT2D eigenvalue weighted by Gasteiger charge is -2.23. The monoisotopic (exact) mass is 317 g/mol. The highest BCUT2D eigenvalue weighted by molar-refractivity contribution is 5.54. The molecule has 0 spiro atoms. The first-order valence-corrected chi connectivity index (χ1v) is 9.89. The summed E-state index contributed by atoms with van der Waals surface area (Å²) in [7, 11) is 0. The summed E-state index contributed by atoms with van der Waals surface area (Å²) in [6.45, 7) is 10.2. The van der Waals surface area contributed by atoms with E-state index in [1.54, 1.807) is 0 Å². The first kappa shape index (κ1) is 20.1. The molecule has 1 rings (SSSR count). The average Bonchev–Trinajstić information content (AvgIpc) is 2.52. The third-order valence-corrected chi connectivity index (χ3v) is 4.58. The second-order valence-corrected chi connectivity index (χ2v) is 7.90. The molecule has 1 N–H and O–H groups in total. The molecule has 0 saturated carbocycles. The van der Waals surface area contributed by atoms with E-state index >= 15 is 0 Å². The van der Waals surface area contributed by atoms with Gasteiger partial charge in [-0.2, -0.15) is 0 Å². The van der Waals surface area contributed by atoms with Crippen LogP contribution in [0.3, 0.4) is 0 Å². The van der Waals surface area contributed by atoms with E-state index in [1.807, 2.05) is 0 Å². The minimum absolute atomic E-state index is 0.210. The predicted octanol–water partition coefficient (Wildman–Crippen LogP) is 7.32. The summed E-state index contributed by atoms with van der Waals surface area (Å²) in [6, 6.07) is 8.75. The number of benzene rings is 1. The van der Waals surface area contributed by atoms with Gasteiger partial charge in [-0.25, -0.2) is 0 Å². The molecule has 1 heteroatoms. The molecule has 0 heterocycles. The summed E-state index contributed by atoms with van der Waals surface area (Å²) in [6.07, 6.45) is 14.0. The van der Waals surface area contributed by atoms with E-state index in [4.69, 9.17) is 0 Å². The molecule has 0 aliphatic heterocycles. The van der Waals surface area contributed by atoms with Gasteiger partial charge in [0.15, 0.2) is 0 Å². The smallest absolute Gasteiger partial charge is 0.0378 e. The normalized spacial score (nSPS) is 11.7. The van der Waals surface area contributed by atoms with Gasteiger partial charge in [0.2, 0.25) is 0 Å². The van der Waals surface area contributed by atoms with Crippen LogP contribution in [0, 0.1) is 0 Å². The van der Waals surface area contributed by atoms with Crippen LogP contribution in [0.1, 0.15) is 97.5 Å². The average molecular weight is 318 g/mol. The molecule has 1 aromatic carbocycles. The zero-order valence-corrected chi connectivity index (χ0v) is 16.1. The molecule has 0 fully saturated rings. The van der Waals surface area contributed by atoms with Crippen LogP contribution in [-0.4, -0.2) is 6.54 Å². The van der Waals surface area contributed by atoms with Gasteiger partial charge in [0, 0.05) is 12.2 Å². The van der Waals surface area contributed by atoms with Crippen molar-refractivity contribution < 1.29 is 0 Å². The van der Waals surface area contributed by atoms with E-state index in [0.29, 0.717) is 0 Å². The first-order chi connectivity index (χ1) is 11.1. The molecule has 23 heavy (non-hydrogen) atoms. The molecule has 0 unspecified atom stereocenters. The van der Waals surface area contributed by atoms with Gasteiger partial charge in [-0.3, -0.25) is 0 Å². The third-order valence-electron chi connectivity index (χ3n) is 4.58. The van der Waals surface area contributed by atoms with Gasteiger partial charge in [0.25, 0.3) is 0 Å². The third kappa shape index (κ3) is 9.03. The quantitative estimate of drug-likeness (QED) is 0.398. The van der Waals surface area contributed by atoms with Crippen molar-refractivity contribution in [2.75, 3.05) is 11.9 Å². The SMILES string of the molecule is CCCCCCCCCCCCNc1ccccc1C(C)(C)C. The summed E-state index contributed by atoms with van der Waals surface area (Å²) in [5, 5.41) is 3.65. The standard InChI is InChI=1S/C22H39N/c1-5-6-7-8-9-10-11-12-13-16-19-23-21-18-15-14-17-20(21)22(2,3)4/h14-15,17-18,23H,5-13,16,19H2,1-4H3. The second kappa shape index (κ2) is 11.5. The summed E-state index contributed by atoms with van der Waals surface area (Å²) >= 11 is 0. The molecule has 0 aliphatic carbocycles. The van der Waals surface area contributed by atoms with Gasteiger partial charge < -0.3 is 5.32 Å². The number of nitrogens with one attached hydrogen (secondary N) is 1. The largest absolute Gasteiger partial charge is 0.385 e. The molecule has 132 valence electrons. The van der Waals surface area contributed by atoms with Crippen molar-refractivity contribution in [3.8, 4) is 0 Å². The minimum Gasteiger partial charge on any atom is -0.385 e. The zero-order valence-electron chi connectivity index (χ0n) is 16.1. The first-order valence-electron chi connectivity index (χ1n) is 9.89. The summed E-state index contributed by atoms with van der Waals surface area (Å²) in [5.74, 6) is 0. The number of para-hydroxylation sites is 1. The van der Waals surface area contributed by atoms with E-state index < -0.39 is 0 Å². The fourth-order valence-corrected chi connectivity index (χ4v) is 3.13. The lowest BCUT2D eigenvalue weighted by atomic mass is 9.86. The lowest BCUT2D eigenvalue weighted by Crippen LogP contribution is -2.15. The van der Waals surface area contributed by atoms with Crippen LogP contribution in [-0.2, 0) is 5.41 Å². The maximum atomic E-state index is 3.65. The highest BCUT2D eigenvalue weighted by Crippen LogP contribution is 2.29. The topological polar surface area (TPSA) is 12.0 Å². The van der Waals surface area contributed by atoms with Gasteiger partial charge in [-0.05, 0) is 23.5 Å². The van der Waals surface area contributed by atoms with Gasteiger partial charge in [0.1, 0.15) is 0 Å². The number of rotatable bonds is 12. The van der Waals surface area contributed by atoms with Crippen LogP contribution in [0.5, 0.6) is 0 Å². The molecule has 0 bridgehead atoms. The Morgan fingerprint density at radius 1 is 0.739 bits per heavy atom. The highest BCUT2D eigenvalue weighted by atomic mass is 14.9. The Labute approximate surface area is 145 Å². The van der Waals surface area contributed by atoms with Crippen LogP contribution >= 0.6 is 0 Å². The molecule has 0 saturated heterocycles. The molecule has 0 amide bonds. The van der Waals surface area contributed by atoms with Crippen LogP contribution in [0.25, 0.3) is 0 Å². The fraction of sp³-hybridized carbons (Fsp3) is 0.727. The summed E-state index contributed by atoms with van der Waals surface area (Å²) in [5.41, 5.74) is 2.95. The molecule has 0 aromatic heterocycles. The van der Waals surface area contributed by atoms with E-state index in [1.165, 1.54) is 75.5 Å². The molecule has 1 nitrogen and oxygen atoms in total. The van der Waals surface area contributed by atoms with Crippen molar-refractivity contribution in [1.82, 2.24) is 0 Å². The van der Waals surface area contributed by atoms with Crippen molar-refractivity contribution in [2.24, 2.45) is 0 Å². The summed E-state index contributed by atoms with van der Waals surface area (Å²) < 4.78 is 0. The summed E-state index contributed by atoms with van der Waals surface area (Å²) in [4.78, 5) is 0. The predicted molar refractivity (Wildman–Crippen MR) is 105 cm³/mol. The Kier molecular flexibility index (Phi) is 10.1. The molecule has 1 aromatic rings. The van der Waals surface area contributed by atoms with Gasteiger partial charge >= 0.3 is 0 Å². The Hall–Kier alpha value is -0.980. The highest BCUT2D eigenvalue weighted by Gasteiger charge is 2.16. The Morgan fingerprint density at radius 3 is 1.83 bits per heavy atom. The minimum atomic E-state index is 0.210. The van der Waals surface area contributed by atoms with E-state index in [0.717, 1.165) is 6.54 Å². The van der Waals surface area contributed by atoms with E-state index in [2.05, 4.69) is 57.3 Å². The van der Waals surface area contributed by atoms with Crippen molar-refractivity contribution in [3.63, 3.8) is 0 Å². The lowest BCUT2D eigenvalue weighted by molar-refractivity contribution is 0.559. The van der Waals surface area contributed by atoms with Crippen molar-refractivity contribution in [1.29, 1.82) is 0 Å². The second-order valence-electron chi connectivity index (χ2n) is 7.90. The van der Waals surface area contributed by atoms with Gasteiger partial charge in [0.05, 0.1) is 0 Å². The Balaban J connectivity index is 2.08. The van der Waals surface area contributed by atoms with Crippen LogP contribution in [0.4, 0.5) is 5.69 Å². The number of anilines is 1. The van der Waals surface area contributed by atoms with Crippen LogP contribution in [0.15, 0.2) is 24.3 Å². The molecule has 0 aliphatic rings. The maximum Gasteiger partial charge on any atom is 0.0378 e. The zero-order chi connectivity index (χ0) is 17.0. The number of unbranched alkanes of at least 4 members (excludes halogenated alkanes) is 9. The molecule has 0 atom stereocenters. The Bertz CT molecular complexity index is 403. The van der Waals surface area contributed by atoms with Gasteiger partial charge in [-0.15, -0.1) is 0 Å². The van der Waals surface area contributed by atoms with Crippen molar-refractivity contribution in [2.45, 2.75) is 97.3 Å². The van der Waals surface area contributed by atoms with Crippen molar-refractivity contribution in [3.05, 3.63) is 29.8 Å². The maximum absolute atomic E-state index is 3.65.